The lowest BCUT2D eigenvalue weighted by Crippen LogP contribution is -1.98. The molecule has 0 saturated carbocycles. The summed E-state index contributed by atoms with van der Waals surface area (Å²) in [5.41, 5.74) is 0. The Morgan fingerprint density at radius 2 is 1.80 bits per heavy atom. The van der Waals surface area contributed by atoms with E-state index in [1.807, 2.05) is 0 Å². The molecule has 0 aliphatic carbocycles. The Morgan fingerprint density at radius 1 is 1.40 bits per heavy atom. The Balaban J connectivity index is 4.16. The zero-order valence-corrected chi connectivity index (χ0v) is 8.94. The summed E-state index contributed by atoms with van der Waals surface area (Å²) in [6.07, 6.45) is 1.27. The van der Waals surface area contributed by atoms with Crippen LogP contribution >= 0.6 is 51.5 Å². The quantitative estimate of drug-likeness (QED) is 0.519. The van der Waals surface area contributed by atoms with E-state index in [1.54, 1.807) is 0 Å². The molecule has 0 rings (SSSR count). The van der Waals surface area contributed by atoms with Crippen LogP contribution in [-0.4, -0.2) is 4.33 Å². The van der Waals surface area contributed by atoms with Crippen molar-refractivity contribution in [3.8, 4) is 0 Å². The molecule has 1 nitrogen and oxygen atoms in total. The van der Waals surface area contributed by atoms with E-state index in [4.69, 9.17) is 45.7 Å². The van der Waals surface area contributed by atoms with Crippen LogP contribution in [0.2, 0.25) is 0 Å². The molecule has 0 fully saturated rings. The van der Waals surface area contributed by atoms with Gasteiger partial charge >= 0.3 is 0 Å². The Hall–Kier alpha value is 1.13. The van der Waals surface area contributed by atoms with E-state index in [0.29, 0.717) is 0 Å². The van der Waals surface area contributed by atoms with Crippen molar-refractivity contribution < 1.29 is 4.57 Å². The SMILES string of the molecule is CC(Cl)(Cl)/C=C/P(=O)(Cl)Cl. The summed E-state index contributed by atoms with van der Waals surface area (Å²) in [6, 6.07) is 0. The third-order valence-electron chi connectivity index (χ3n) is 0.541. The van der Waals surface area contributed by atoms with E-state index in [1.165, 1.54) is 13.0 Å². The molecular formula is C4H5Cl4OP. The Kier molecular flexibility index (Phi) is 4.11. The maximum absolute atomic E-state index is 10.6. The molecule has 0 aromatic rings. The van der Waals surface area contributed by atoms with E-state index in [-0.39, 0.29) is 0 Å². The third-order valence-corrected chi connectivity index (χ3v) is 1.96. The highest BCUT2D eigenvalue weighted by atomic mass is 35.9. The first-order chi connectivity index (χ1) is 4.21. The summed E-state index contributed by atoms with van der Waals surface area (Å²) < 4.78 is 9.52. The van der Waals surface area contributed by atoms with Crippen molar-refractivity contribution in [2.75, 3.05) is 0 Å². The fourth-order valence-electron chi connectivity index (χ4n) is 0.218. The lowest BCUT2D eigenvalue weighted by atomic mass is 10.5. The molecule has 0 heterocycles. The highest BCUT2D eigenvalue weighted by molar-refractivity contribution is 8.10. The van der Waals surface area contributed by atoms with Gasteiger partial charge < -0.3 is 0 Å². The average molecular weight is 242 g/mol. The van der Waals surface area contributed by atoms with Crippen molar-refractivity contribution in [2.24, 2.45) is 0 Å². The second kappa shape index (κ2) is 3.69. The van der Waals surface area contributed by atoms with E-state index in [9.17, 15) is 4.57 Å². The molecule has 6 heteroatoms. The molecule has 0 aromatic heterocycles. The Labute approximate surface area is 79.2 Å². The molecule has 0 atom stereocenters. The van der Waals surface area contributed by atoms with E-state index >= 15 is 0 Å². The first-order valence-electron chi connectivity index (χ1n) is 2.28. The van der Waals surface area contributed by atoms with Crippen LogP contribution in [0.3, 0.4) is 0 Å². The van der Waals surface area contributed by atoms with Gasteiger partial charge in [0.05, 0.1) is 0 Å². The molecule has 0 saturated heterocycles. The summed E-state index contributed by atoms with van der Waals surface area (Å²) >= 11 is 21.3. The van der Waals surface area contributed by atoms with E-state index in [2.05, 4.69) is 0 Å². The summed E-state index contributed by atoms with van der Waals surface area (Å²) in [5.74, 6) is -2.07. The Bertz CT molecular complexity index is 176. The van der Waals surface area contributed by atoms with Gasteiger partial charge in [0.25, 0.3) is 5.85 Å². The monoisotopic (exact) mass is 240 g/mol. The van der Waals surface area contributed by atoms with Crippen molar-refractivity contribution in [3.05, 3.63) is 11.9 Å². The number of rotatable bonds is 2. The fraction of sp³-hybridized carbons (Fsp3) is 0.500. The number of hydrogen-bond donors (Lipinski definition) is 0. The minimum atomic E-state index is -3.17. The smallest absolute Gasteiger partial charge is 0.274 e. The Morgan fingerprint density at radius 3 is 1.90 bits per heavy atom. The molecule has 10 heavy (non-hydrogen) atoms. The molecule has 0 amide bonds. The van der Waals surface area contributed by atoms with E-state index < -0.39 is 10.2 Å². The van der Waals surface area contributed by atoms with Gasteiger partial charge in [-0.1, -0.05) is 23.2 Å². The number of alkyl halides is 2. The number of halogens is 4. The van der Waals surface area contributed by atoms with E-state index in [0.717, 1.165) is 5.82 Å². The molecule has 0 unspecified atom stereocenters. The van der Waals surface area contributed by atoms with Gasteiger partial charge in [0, 0.05) is 5.82 Å². The number of allylic oxidation sites excluding steroid dienone is 1. The molecule has 60 valence electrons. The van der Waals surface area contributed by atoms with Crippen molar-refractivity contribution in [1.82, 2.24) is 0 Å². The molecule has 0 N–H and O–H groups in total. The maximum Gasteiger partial charge on any atom is 0.274 e. The summed E-state index contributed by atoms with van der Waals surface area (Å²) in [6.45, 7) is 1.51. The van der Waals surface area contributed by atoms with Gasteiger partial charge in [-0.25, -0.2) is 0 Å². The first kappa shape index (κ1) is 11.1. The van der Waals surface area contributed by atoms with Crippen LogP contribution in [0.1, 0.15) is 6.92 Å². The van der Waals surface area contributed by atoms with Gasteiger partial charge in [-0.2, -0.15) is 0 Å². The molecule has 0 bridgehead atoms. The van der Waals surface area contributed by atoms with Crippen LogP contribution in [0.4, 0.5) is 0 Å². The van der Waals surface area contributed by atoms with Crippen LogP contribution in [0, 0.1) is 0 Å². The standard InChI is InChI=1S/C4H5Cl4OP/c1-4(5,6)2-3-10(7,8)9/h2-3H,1H3/b3-2+. The van der Waals surface area contributed by atoms with Gasteiger partial charge in [-0.3, -0.25) is 4.57 Å². The van der Waals surface area contributed by atoms with Crippen molar-refractivity contribution in [1.29, 1.82) is 0 Å². The van der Waals surface area contributed by atoms with Gasteiger partial charge in [0.2, 0.25) is 0 Å². The largest absolute Gasteiger partial charge is 0.285 e. The normalized spacial score (nSPS) is 14.5. The molecule has 0 aliphatic heterocycles. The summed E-state index contributed by atoms with van der Waals surface area (Å²) in [4.78, 5) is 0. The summed E-state index contributed by atoms with van der Waals surface area (Å²) in [7, 11) is 0. The first-order valence-corrected chi connectivity index (χ1v) is 6.62. The predicted octanol–water partition coefficient (Wildman–Crippen LogP) is 4.36. The lowest BCUT2D eigenvalue weighted by molar-refractivity contribution is 0.597. The van der Waals surface area contributed by atoms with Crippen LogP contribution in [0.5, 0.6) is 0 Å². The number of hydrogen-bond acceptors (Lipinski definition) is 1. The topological polar surface area (TPSA) is 17.1 Å². The highest BCUT2D eigenvalue weighted by Gasteiger charge is 2.14. The maximum atomic E-state index is 10.6. The molecule has 0 spiro atoms. The van der Waals surface area contributed by atoms with Crippen LogP contribution < -0.4 is 0 Å². The van der Waals surface area contributed by atoms with Gasteiger partial charge in [-0.05, 0) is 35.5 Å². The lowest BCUT2D eigenvalue weighted by Gasteiger charge is -2.04. The molecule has 0 aromatic carbocycles. The van der Waals surface area contributed by atoms with Crippen molar-refractivity contribution in [2.45, 2.75) is 11.3 Å². The van der Waals surface area contributed by atoms with Gasteiger partial charge in [0.1, 0.15) is 4.33 Å². The molecule has 0 radical (unpaired) electrons. The van der Waals surface area contributed by atoms with Gasteiger partial charge in [0.15, 0.2) is 0 Å². The van der Waals surface area contributed by atoms with Crippen LogP contribution in [0.25, 0.3) is 0 Å². The van der Waals surface area contributed by atoms with Gasteiger partial charge in [-0.15, -0.1) is 0 Å². The van der Waals surface area contributed by atoms with Crippen LogP contribution in [0.15, 0.2) is 11.9 Å². The second-order valence-electron chi connectivity index (χ2n) is 1.77. The van der Waals surface area contributed by atoms with Crippen molar-refractivity contribution in [3.63, 3.8) is 0 Å². The molecule has 0 aliphatic rings. The highest BCUT2D eigenvalue weighted by Crippen LogP contribution is 2.58. The van der Waals surface area contributed by atoms with Crippen molar-refractivity contribution >= 4 is 51.5 Å². The fourth-order valence-corrected chi connectivity index (χ4v) is 1.33. The average Bonchev–Trinajstić information content (AvgIpc) is 1.57. The third kappa shape index (κ3) is 9.13. The zero-order chi connectivity index (χ0) is 8.41. The zero-order valence-electron chi connectivity index (χ0n) is 5.02. The minimum Gasteiger partial charge on any atom is -0.285 e. The minimum absolute atomic E-state index is 1.07. The summed E-state index contributed by atoms with van der Waals surface area (Å²) in [5, 5.41) is 0. The second-order valence-corrected chi connectivity index (χ2v) is 8.37. The molecular weight excluding hydrogens is 237 g/mol. The van der Waals surface area contributed by atoms with Crippen LogP contribution in [-0.2, 0) is 4.57 Å². The predicted molar refractivity (Wildman–Crippen MR) is 48.6 cm³/mol.